The van der Waals surface area contributed by atoms with E-state index >= 15 is 0 Å². The number of rotatable bonds is 5. The molecule has 2 amide bonds. The Bertz CT molecular complexity index is 1080. The smallest absolute Gasteiger partial charge is 0.274 e. The molecule has 0 saturated heterocycles. The van der Waals surface area contributed by atoms with Gasteiger partial charge in [-0.1, -0.05) is 32.0 Å². The van der Waals surface area contributed by atoms with E-state index in [0.717, 1.165) is 11.3 Å². The highest BCUT2D eigenvalue weighted by atomic mass is 16.2. The van der Waals surface area contributed by atoms with Crippen molar-refractivity contribution in [2.45, 2.75) is 19.8 Å². The van der Waals surface area contributed by atoms with E-state index in [-0.39, 0.29) is 23.4 Å². The van der Waals surface area contributed by atoms with Crippen molar-refractivity contribution < 1.29 is 9.59 Å². The van der Waals surface area contributed by atoms with Gasteiger partial charge in [0.15, 0.2) is 0 Å². The summed E-state index contributed by atoms with van der Waals surface area (Å²) in [6.07, 6.45) is 1.43. The number of aromatic nitrogens is 1. The second-order valence-electron chi connectivity index (χ2n) is 6.77. The molecule has 0 bridgehead atoms. The summed E-state index contributed by atoms with van der Waals surface area (Å²) in [4.78, 5) is 29.3. The number of nitriles is 1. The molecule has 6 heteroatoms. The van der Waals surface area contributed by atoms with Crippen molar-refractivity contribution in [1.29, 1.82) is 5.26 Å². The Hall–Kier alpha value is -3.98. The fraction of sp³-hybridized carbons (Fsp3) is 0.130. The average molecular weight is 384 g/mol. The number of hydrogen-bond acceptors (Lipinski definition) is 4. The summed E-state index contributed by atoms with van der Waals surface area (Å²) in [5.74, 6) is -0.496. The minimum Gasteiger partial charge on any atom is -0.322 e. The molecular formula is C23H20N4O2. The SMILES string of the molecule is CC(C)c1ccccc1NC(=O)c1cc(C(=O)Nc2ccc(C#N)cc2)ccn1. The first-order chi connectivity index (χ1) is 14.0. The summed E-state index contributed by atoms with van der Waals surface area (Å²) in [7, 11) is 0. The van der Waals surface area contributed by atoms with Crippen LogP contribution in [0.25, 0.3) is 0 Å². The maximum Gasteiger partial charge on any atom is 0.274 e. The molecule has 0 saturated carbocycles. The Morgan fingerprint density at radius 2 is 1.69 bits per heavy atom. The number of hydrogen-bond donors (Lipinski definition) is 2. The minimum atomic E-state index is -0.383. The van der Waals surface area contributed by atoms with Gasteiger partial charge >= 0.3 is 0 Å². The number of benzene rings is 2. The molecule has 29 heavy (non-hydrogen) atoms. The fourth-order valence-corrected chi connectivity index (χ4v) is 2.83. The number of amides is 2. The topological polar surface area (TPSA) is 94.9 Å². The summed E-state index contributed by atoms with van der Waals surface area (Å²) in [6, 6.07) is 19.1. The Morgan fingerprint density at radius 1 is 0.966 bits per heavy atom. The molecule has 0 spiro atoms. The molecule has 0 unspecified atom stereocenters. The quantitative estimate of drug-likeness (QED) is 0.673. The number of carbonyl (C=O) groups excluding carboxylic acids is 2. The molecule has 3 rings (SSSR count). The largest absolute Gasteiger partial charge is 0.322 e. The lowest BCUT2D eigenvalue weighted by Gasteiger charge is -2.13. The minimum absolute atomic E-state index is 0.149. The predicted molar refractivity (Wildman–Crippen MR) is 112 cm³/mol. The second kappa shape index (κ2) is 8.81. The van der Waals surface area contributed by atoms with E-state index in [2.05, 4.69) is 29.5 Å². The Morgan fingerprint density at radius 3 is 2.38 bits per heavy atom. The Kier molecular flexibility index (Phi) is 6.00. The third-order valence-corrected chi connectivity index (χ3v) is 4.36. The van der Waals surface area contributed by atoms with Gasteiger partial charge in [-0.3, -0.25) is 14.6 Å². The summed E-state index contributed by atoms with van der Waals surface area (Å²) >= 11 is 0. The maximum absolute atomic E-state index is 12.7. The van der Waals surface area contributed by atoms with Gasteiger partial charge in [0, 0.05) is 23.1 Å². The van der Waals surface area contributed by atoms with Gasteiger partial charge in [-0.2, -0.15) is 5.26 Å². The van der Waals surface area contributed by atoms with E-state index in [9.17, 15) is 9.59 Å². The monoisotopic (exact) mass is 384 g/mol. The molecule has 0 aliphatic heterocycles. The lowest BCUT2D eigenvalue weighted by atomic mass is 10.0. The number of nitrogens with zero attached hydrogens (tertiary/aromatic N) is 2. The molecule has 2 N–H and O–H groups in total. The van der Waals surface area contributed by atoms with Crippen LogP contribution in [0.2, 0.25) is 0 Å². The van der Waals surface area contributed by atoms with Gasteiger partial charge in [0.25, 0.3) is 11.8 Å². The van der Waals surface area contributed by atoms with Gasteiger partial charge < -0.3 is 10.6 Å². The third-order valence-electron chi connectivity index (χ3n) is 4.36. The molecule has 6 nitrogen and oxygen atoms in total. The molecule has 2 aromatic carbocycles. The Labute approximate surface area is 169 Å². The van der Waals surface area contributed by atoms with Crippen LogP contribution in [-0.2, 0) is 0 Å². The van der Waals surface area contributed by atoms with Gasteiger partial charge in [0.1, 0.15) is 5.69 Å². The van der Waals surface area contributed by atoms with E-state index in [4.69, 9.17) is 5.26 Å². The van der Waals surface area contributed by atoms with Crippen molar-refractivity contribution >= 4 is 23.2 Å². The maximum atomic E-state index is 12.7. The molecule has 1 aromatic heterocycles. The van der Waals surface area contributed by atoms with Crippen LogP contribution < -0.4 is 10.6 Å². The van der Waals surface area contributed by atoms with Gasteiger partial charge in [-0.15, -0.1) is 0 Å². The normalized spacial score (nSPS) is 10.3. The van der Waals surface area contributed by atoms with Gasteiger partial charge in [-0.05, 0) is 53.9 Å². The lowest BCUT2D eigenvalue weighted by Crippen LogP contribution is -2.17. The standard InChI is InChI=1S/C23H20N4O2/c1-15(2)19-5-3-4-6-20(19)27-23(29)21-13-17(11-12-25-21)22(28)26-18-9-7-16(14-24)8-10-18/h3-13,15H,1-2H3,(H,26,28)(H,27,29). The number of para-hydroxylation sites is 1. The highest BCUT2D eigenvalue weighted by Gasteiger charge is 2.14. The molecular weight excluding hydrogens is 364 g/mol. The summed E-state index contributed by atoms with van der Waals surface area (Å²) in [5, 5.41) is 14.5. The third kappa shape index (κ3) is 4.85. The van der Waals surface area contributed by atoms with Crippen LogP contribution in [0.1, 0.15) is 51.7 Å². The van der Waals surface area contributed by atoms with Gasteiger partial charge in [0.2, 0.25) is 0 Å². The zero-order valence-corrected chi connectivity index (χ0v) is 16.1. The molecule has 144 valence electrons. The first kappa shape index (κ1) is 19.8. The first-order valence-corrected chi connectivity index (χ1v) is 9.16. The lowest BCUT2D eigenvalue weighted by molar-refractivity contribution is 0.102. The highest BCUT2D eigenvalue weighted by Crippen LogP contribution is 2.24. The van der Waals surface area contributed by atoms with Gasteiger partial charge in [0.05, 0.1) is 11.6 Å². The second-order valence-corrected chi connectivity index (χ2v) is 6.77. The van der Waals surface area contributed by atoms with Crippen molar-refractivity contribution in [3.8, 4) is 6.07 Å². The molecule has 0 aliphatic carbocycles. The van der Waals surface area contributed by atoms with Crippen molar-refractivity contribution in [2.24, 2.45) is 0 Å². The summed E-state index contributed by atoms with van der Waals surface area (Å²) in [6.45, 7) is 4.11. The fourth-order valence-electron chi connectivity index (χ4n) is 2.83. The van der Waals surface area contributed by atoms with Crippen molar-refractivity contribution in [3.63, 3.8) is 0 Å². The van der Waals surface area contributed by atoms with Crippen molar-refractivity contribution in [1.82, 2.24) is 4.98 Å². The molecule has 0 atom stereocenters. The summed E-state index contributed by atoms with van der Waals surface area (Å²) in [5.41, 5.74) is 3.27. The number of pyridine rings is 1. The van der Waals surface area contributed by atoms with Gasteiger partial charge in [-0.25, -0.2) is 0 Å². The van der Waals surface area contributed by atoms with Crippen LogP contribution in [0.4, 0.5) is 11.4 Å². The van der Waals surface area contributed by atoms with E-state index in [1.54, 1.807) is 24.3 Å². The van der Waals surface area contributed by atoms with Crippen LogP contribution in [0, 0.1) is 11.3 Å². The van der Waals surface area contributed by atoms with Crippen LogP contribution >= 0.6 is 0 Å². The zero-order valence-electron chi connectivity index (χ0n) is 16.1. The number of carbonyl (C=O) groups is 2. The van der Waals surface area contributed by atoms with E-state index in [1.807, 2.05) is 30.3 Å². The molecule has 0 fully saturated rings. The summed E-state index contributed by atoms with van der Waals surface area (Å²) < 4.78 is 0. The molecule has 1 heterocycles. The number of nitrogens with one attached hydrogen (secondary N) is 2. The van der Waals surface area contributed by atoms with Crippen LogP contribution in [0.5, 0.6) is 0 Å². The van der Waals surface area contributed by atoms with Crippen LogP contribution in [0.15, 0.2) is 66.9 Å². The Balaban J connectivity index is 1.75. The van der Waals surface area contributed by atoms with Crippen molar-refractivity contribution in [2.75, 3.05) is 10.6 Å². The zero-order chi connectivity index (χ0) is 20.8. The average Bonchev–Trinajstić information content (AvgIpc) is 2.74. The van der Waals surface area contributed by atoms with E-state index in [1.165, 1.54) is 18.3 Å². The number of anilines is 2. The molecule has 0 radical (unpaired) electrons. The molecule has 0 aliphatic rings. The first-order valence-electron chi connectivity index (χ1n) is 9.16. The highest BCUT2D eigenvalue weighted by molar-refractivity contribution is 6.08. The van der Waals surface area contributed by atoms with Crippen LogP contribution in [0.3, 0.4) is 0 Å². The molecule has 3 aromatic rings. The van der Waals surface area contributed by atoms with Crippen LogP contribution in [-0.4, -0.2) is 16.8 Å². The van der Waals surface area contributed by atoms with E-state index < -0.39 is 0 Å². The van der Waals surface area contributed by atoms with Crippen molar-refractivity contribution in [3.05, 3.63) is 89.2 Å². The predicted octanol–water partition coefficient (Wildman–Crippen LogP) is 4.58. The van der Waals surface area contributed by atoms with E-state index in [0.29, 0.717) is 16.8 Å².